The fourth-order valence-corrected chi connectivity index (χ4v) is 4.05. The Labute approximate surface area is 175 Å². The minimum atomic E-state index is -3.36. The van der Waals surface area contributed by atoms with E-state index in [2.05, 4.69) is 0 Å². The highest BCUT2D eigenvalue weighted by molar-refractivity contribution is 7.91. The number of Topliss-reactive ketones (excluding diaryl/α,β-unsaturated/α-hetero) is 1. The van der Waals surface area contributed by atoms with Crippen molar-refractivity contribution in [1.82, 2.24) is 4.90 Å². The van der Waals surface area contributed by atoms with Crippen LogP contribution < -0.4 is 4.74 Å². The molecule has 1 saturated heterocycles. The third kappa shape index (κ3) is 4.86. The van der Waals surface area contributed by atoms with Gasteiger partial charge in [0.1, 0.15) is 11.5 Å². The SMILES string of the molecule is CCS(=O)(=O)c1ccc(C(Oc2ccc(C#N)cc2)C(=O)N2CCC(=O)CC2)cc1. The van der Waals surface area contributed by atoms with E-state index in [1.165, 1.54) is 12.1 Å². The number of benzene rings is 2. The standard InChI is InChI=1S/C22H22N2O5S/c1-2-30(27,28)20-9-5-17(6-10-20)21(22(26)24-13-11-18(25)12-14-24)29-19-7-3-16(15-23)4-8-19/h3-10,21H,2,11-14H2,1H3. The van der Waals surface area contributed by atoms with Gasteiger partial charge in [0.05, 0.1) is 22.3 Å². The van der Waals surface area contributed by atoms with Gasteiger partial charge in [-0.15, -0.1) is 0 Å². The Kier molecular flexibility index (Phi) is 6.53. The molecule has 2 aromatic carbocycles. The first kappa shape index (κ1) is 21.5. The predicted octanol–water partition coefficient (Wildman–Crippen LogP) is 2.66. The molecule has 30 heavy (non-hydrogen) atoms. The first-order valence-corrected chi connectivity index (χ1v) is 11.3. The lowest BCUT2D eigenvalue weighted by molar-refractivity contribution is -0.141. The lowest BCUT2D eigenvalue weighted by atomic mass is 10.0. The van der Waals surface area contributed by atoms with Crippen LogP contribution in [-0.2, 0) is 19.4 Å². The molecule has 0 radical (unpaired) electrons. The molecular formula is C22H22N2O5S. The molecule has 1 amide bonds. The summed E-state index contributed by atoms with van der Waals surface area (Å²) in [5.74, 6) is 0.222. The molecule has 0 N–H and O–H groups in total. The van der Waals surface area contributed by atoms with Gasteiger partial charge < -0.3 is 9.64 Å². The summed E-state index contributed by atoms with van der Waals surface area (Å²) in [6.07, 6.45) is -0.379. The number of ketones is 1. The summed E-state index contributed by atoms with van der Waals surface area (Å²) in [6, 6.07) is 14.5. The van der Waals surface area contributed by atoms with Crippen LogP contribution >= 0.6 is 0 Å². The fourth-order valence-electron chi connectivity index (χ4n) is 3.16. The zero-order valence-corrected chi connectivity index (χ0v) is 17.4. The topological polar surface area (TPSA) is 105 Å². The molecule has 1 heterocycles. The van der Waals surface area contributed by atoms with Gasteiger partial charge in [0.25, 0.3) is 5.91 Å². The van der Waals surface area contributed by atoms with Gasteiger partial charge in [-0.2, -0.15) is 5.26 Å². The molecule has 3 rings (SSSR count). The third-order valence-electron chi connectivity index (χ3n) is 5.02. The van der Waals surface area contributed by atoms with E-state index in [0.29, 0.717) is 42.8 Å². The molecule has 1 unspecified atom stereocenters. The molecule has 156 valence electrons. The number of nitrogens with zero attached hydrogens (tertiary/aromatic N) is 2. The second-order valence-electron chi connectivity index (χ2n) is 6.97. The second kappa shape index (κ2) is 9.09. The molecular weight excluding hydrogens is 404 g/mol. The van der Waals surface area contributed by atoms with E-state index < -0.39 is 15.9 Å². The smallest absolute Gasteiger partial charge is 0.268 e. The van der Waals surface area contributed by atoms with Crippen molar-refractivity contribution in [2.45, 2.75) is 30.8 Å². The highest BCUT2D eigenvalue weighted by Gasteiger charge is 2.30. The lowest BCUT2D eigenvalue weighted by Gasteiger charge is -2.30. The van der Waals surface area contributed by atoms with Crippen LogP contribution in [0.15, 0.2) is 53.4 Å². The molecule has 7 nitrogen and oxygen atoms in total. The highest BCUT2D eigenvalue weighted by Crippen LogP contribution is 2.27. The summed E-state index contributed by atoms with van der Waals surface area (Å²) in [6.45, 7) is 2.22. The van der Waals surface area contributed by atoms with Crippen LogP contribution in [0.4, 0.5) is 0 Å². The Balaban J connectivity index is 1.91. The average molecular weight is 426 g/mol. The summed E-state index contributed by atoms with van der Waals surface area (Å²) in [7, 11) is -3.36. The average Bonchev–Trinajstić information content (AvgIpc) is 2.78. The minimum absolute atomic E-state index is 0.0156. The number of amides is 1. The van der Waals surface area contributed by atoms with Crippen LogP contribution in [0.25, 0.3) is 0 Å². The highest BCUT2D eigenvalue weighted by atomic mass is 32.2. The maximum Gasteiger partial charge on any atom is 0.268 e. The van der Waals surface area contributed by atoms with Crippen LogP contribution in [0.5, 0.6) is 5.75 Å². The van der Waals surface area contributed by atoms with E-state index in [0.717, 1.165) is 0 Å². The van der Waals surface area contributed by atoms with Gasteiger partial charge >= 0.3 is 0 Å². The van der Waals surface area contributed by atoms with Crippen molar-refractivity contribution in [3.05, 3.63) is 59.7 Å². The van der Waals surface area contributed by atoms with E-state index in [1.54, 1.807) is 48.2 Å². The Morgan fingerprint density at radius 1 is 1.10 bits per heavy atom. The van der Waals surface area contributed by atoms with E-state index in [-0.39, 0.29) is 22.3 Å². The largest absolute Gasteiger partial charge is 0.476 e. The normalized spacial score (nSPS) is 15.3. The Hall–Kier alpha value is -3.18. The number of ether oxygens (including phenoxy) is 1. The van der Waals surface area contributed by atoms with Gasteiger partial charge in [-0.25, -0.2) is 8.42 Å². The molecule has 1 atom stereocenters. The third-order valence-corrected chi connectivity index (χ3v) is 6.77. The molecule has 0 aromatic heterocycles. The number of carbonyl (C=O) groups is 2. The van der Waals surface area contributed by atoms with Gasteiger partial charge in [-0.05, 0) is 36.4 Å². The number of hydrogen-bond donors (Lipinski definition) is 0. The van der Waals surface area contributed by atoms with Crippen molar-refractivity contribution in [2.75, 3.05) is 18.8 Å². The van der Waals surface area contributed by atoms with Crippen LogP contribution in [0.2, 0.25) is 0 Å². The van der Waals surface area contributed by atoms with E-state index in [9.17, 15) is 18.0 Å². The Morgan fingerprint density at radius 2 is 1.70 bits per heavy atom. The molecule has 0 aliphatic carbocycles. The number of likely N-dealkylation sites (tertiary alicyclic amines) is 1. The summed E-state index contributed by atoms with van der Waals surface area (Å²) in [4.78, 5) is 26.5. The van der Waals surface area contributed by atoms with Crippen molar-refractivity contribution < 1.29 is 22.7 Å². The summed E-state index contributed by atoms with van der Waals surface area (Å²) >= 11 is 0. The number of sulfone groups is 1. The van der Waals surface area contributed by atoms with E-state index in [1.807, 2.05) is 6.07 Å². The van der Waals surface area contributed by atoms with Crippen molar-refractivity contribution >= 4 is 21.5 Å². The number of carbonyl (C=O) groups excluding carboxylic acids is 2. The maximum atomic E-state index is 13.2. The fraction of sp³-hybridized carbons (Fsp3) is 0.318. The Bertz CT molecular complexity index is 1060. The monoisotopic (exact) mass is 426 g/mol. The van der Waals surface area contributed by atoms with Crippen molar-refractivity contribution in [3.63, 3.8) is 0 Å². The van der Waals surface area contributed by atoms with Crippen molar-refractivity contribution in [1.29, 1.82) is 5.26 Å². The van der Waals surface area contributed by atoms with E-state index >= 15 is 0 Å². The van der Waals surface area contributed by atoms with Crippen molar-refractivity contribution in [3.8, 4) is 11.8 Å². The molecule has 2 aromatic rings. The van der Waals surface area contributed by atoms with Crippen LogP contribution in [0.1, 0.15) is 37.0 Å². The molecule has 1 aliphatic rings. The second-order valence-corrected chi connectivity index (χ2v) is 9.25. The molecule has 8 heteroatoms. The van der Waals surface area contributed by atoms with E-state index in [4.69, 9.17) is 10.00 Å². The van der Waals surface area contributed by atoms with Gasteiger partial charge in [-0.3, -0.25) is 9.59 Å². The first-order chi connectivity index (χ1) is 14.3. The van der Waals surface area contributed by atoms with Gasteiger partial charge in [-0.1, -0.05) is 19.1 Å². The van der Waals surface area contributed by atoms with Crippen LogP contribution in [0, 0.1) is 11.3 Å². The molecule has 1 fully saturated rings. The molecule has 0 bridgehead atoms. The minimum Gasteiger partial charge on any atom is -0.476 e. The number of nitriles is 1. The van der Waals surface area contributed by atoms with Crippen molar-refractivity contribution in [2.24, 2.45) is 0 Å². The summed E-state index contributed by atoms with van der Waals surface area (Å²) in [5, 5.41) is 8.95. The van der Waals surface area contributed by atoms with Crippen LogP contribution in [-0.4, -0.2) is 43.9 Å². The van der Waals surface area contributed by atoms with Crippen LogP contribution in [0.3, 0.4) is 0 Å². The summed E-state index contributed by atoms with van der Waals surface area (Å²) < 4.78 is 30.1. The lowest BCUT2D eigenvalue weighted by Crippen LogP contribution is -2.42. The number of rotatable bonds is 6. The number of hydrogen-bond acceptors (Lipinski definition) is 6. The summed E-state index contributed by atoms with van der Waals surface area (Å²) in [5.41, 5.74) is 0.977. The zero-order chi connectivity index (χ0) is 21.7. The quantitative estimate of drug-likeness (QED) is 0.703. The van der Waals surface area contributed by atoms with Gasteiger partial charge in [0.2, 0.25) is 6.10 Å². The zero-order valence-electron chi connectivity index (χ0n) is 16.6. The maximum absolute atomic E-state index is 13.2. The van der Waals surface area contributed by atoms with Gasteiger partial charge in [0, 0.05) is 31.5 Å². The molecule has 0 spiro atoms. The molecule has 0 saturated carbocycles. The Morgan fingerprint density at radius 3 is 2.23 bits per heavy atom. The van der Waals surface area contributed by atoms with Gasteiger partial charge in [0.15, 0.2) is 9.84 Å². The number of piperidine rings is 1. The first-order valence-electron chi connectivity index (χ1n) is 9.64. The molecule has 1 aliphatic heterocycles. The predicted molar refractivity (Wildman–Crippen MR) is 110 cm³/mol.